The van der Waals surface area contributed by atoms with E-state index in [-0.39, 0.29) is 30.5 Å². The lowest BCUT2D eigenvalue weighted by atomic mass is 10.0. The van der Waals surface area contributed by atoms with Crippen molar-refractivity contribution >= 4 is 23.1 Å². The van der Waals surface area contributed by atoms with Crippen molar-refractivity contribution < 1.29 is 23.8 Å². The topological polar surface area (TPSA) is 77.1 Å². The minimum absolute atomic E-state index is 0.00474. The van der Waals surface area contributed by atoms with Crippen molar-refractivity contribution in [1.29, 1.82) is 0 Å². The quantitative estimate of drug-likeness (QED) is 0.586. The van der Waals surface area contributed by atoms with E-state index >= 15 is 0 Å². The van der Waals surface area contributed by atoms with E-state index in [0.29, 0.717) is 29.4 Å². The SMILES string of the molecule is CCOc1ccccc1NC1=C(c2ccccc2OC)C(=O)N(CCOC(C)C)C1=O. The standard InChI is InChI=1S/C24H28N2O5/c1-5-30-20-13-9-7-11-18(20)25-22-21(17-10-6-8-12-19(17)29-4)23(27)26(24(22)28)14-15-31-16(2)3/h6-13,16,25H,5,14-15H2,1-4H3. The van der Waals surface area contributed by atoms with Crippen LogP contribution in [0.4, 0.5) is 5.69 Å². The molecule has 2 amide bonds. The zero-order chi connectivity index (χ0) is 22.4. The van der Waals surface area contributed by atoms with Crippen LogP contribution < -0.4 is 14.8 Å². The molecule has 7 nitrogen and oxygen atoms in total. The maximum Gasteiger partial charge on any atom is 0.278 e. The first-order valence-corrected chi connectivity index (χ1v) is 10.3. The van der Waals surface area contributed by atoms with E-state index in [0.717, 1.165) is 0 Å². The fourth-order valence-corrected chi connectivity index (χ4v) is 3.36. The monoisotopic (exact) mass is 424 g/mol. The number of rotatable bonds is 10. The van der Waals surface area contributed by atoms with Gasteiger partial charge in [0.1, 0.15) is 17.2 Å². The van der Waals surface area contributed by atoms with Gasteiger partial charge in [0.15, 0.2) is 0 Å². The molecule has 2 aromatic rings. The van der Waals surface area contributed by atoms with Crippen LogP contribution in [0.2, 0.25) is 0 Å². The molecule has 1 heterocycles. The van der Waals surface area contributed by atoms with Gasteiger partial charge in [-0.1, -0.05) is 30.3 Å². The fraction of sp³-hybridized carbons (Fsp3) is 0.333. The van der Waals surface area contributed by atoms with Crippen LogP contribution in [0.3, 0.4) is 0 Å². The summed E-state index contributed by atoms with van der Waals surface area (Å²) in [4.78, 5) is 27.8. The molecule has 0 bridgehead atoms. The lowest BCUT2D eigenvalue weighted by molar-refractivity contribution is -0.137. The van der Waals surface area contributed by atoms with Gasteiger partial charge in [-0.25, -0.2) is 0 Å². The average Bonchev–Trinajstić information content (AvgIpc) is 2.99. The van der Waals surface area contributed by atoms with Crippen LogP contribution in [0, 0.1) is 0 Å². The summed E-state index contributed by atoms with van der Waals surface area (Å²) in [6.45, 7) is 6.59. The molecule has 7 heteroatoms. The van der Waals surface area contributed by atoms with Gasteiger partial charge in [0.25, 0.3) is 11.8 Å². The smallest absolute Gasteiger partial charge is 0.278 e. The number of carbonyl (C=O) groups is 2. The molecule has 0 atom stereocenters. The summed E-state index contributed by atoms with van der Waals surface area (Å²) in [7, 11) is 1.53. The predicted molar refractivity (Wildman–Crippen MR) is 119 cm³/mol. The molecule has 1 aliphatic rings. The number of carbonyl (C=O) groups excluding carboxylic acids is 2. The number of anilines is 1. The number of hydrogen-bond donors (Lipinski definition) is 1. The first-order chi connectivity index (χ1) is 15.0. The van der Waals surface area contributed by atoms with Crippen molar-refractivity contribution in [2.45, 2.75) is 26.9 Å². The van der Waals surface area contributed by atoms with E-state index in [4.69, 9.17) is 14.2 Å². The molecule has 1 N–H and O–H groups in total. The third-order valence-corrected chi connectivity index (χ3v) is 4.76. The Morgan fingerprint density at radius 3 is 2.32 bits per heavy atom. The lowest BCUT2D eigenvalue weighted by Crippen LogP contribution is -2.35. The van der Waals surface area contributed by atoms with Gasteiger partial charge in [-0.2, -0.15) is 0 Å². The van der Waals surface area contributed by atoms with Crippen LogP contribution in [0.5, 0.6) is 11.5 Å². The highest BCUT2D eigenvalue weighted by Crippen LogP contribution is 2.36. The Morgan fingerprint density at radius 1 is 0.968 bits per heavy atom. The first-order valence-electron chi connectivity index (χ1n) is 10.3. The molecule has 0 radical (unpaired) electrons. The molecule has 2 aromatic carbocycles. The number of ether oxygens (including phenoxy) is 3. The highest BCUT2D eigenvalue weighted by molar-refractivity contribution is 6.37. The summed E-state index contributed by atoms with van der Waals surface area (Å²) >= 11 is 0. The number of para-hydroxylation sites is 3. The van der Waals surface area contributed by atoms with Crippen molar-refractivity contribution in [3.8, 4) is 11.5 Å². The summed E-state index contributed by atoms with van der Waals surface area (Å²) in [6, 6.07) is 14.5. The van der Waals surface area contributed by atoms with E-state index < -0.39 is 11.8 Å². The van der Waals surface area contributed by atoms with Gasteiger partial charge in [-0.15, -0.1) is 0 Å². The largest absolute Gasteiger partial charge is 0.496 e. The van der Waals surface area contributed by atoms with Crippen LogP contribution in [0.1, 0.15) is 26.3 Å². The van der Waals surface area contributed by atoms with Crippen molar-refractivity contribution in [3.63, 3.8) is 0 Å². The molecular formula is C24H28N2O5. The van der Waals surface area contributed by atoms with E-state index in [2.05, 4.69) is 5.32 Å². The van der Waals surface area contributed by atoms with Crippen LogP contribution >= 0.6 is 0 Å². The second-order valence-electron chi connectivity index (χ2n) is 7.19. The highest BCUT2D eigenvalue weighted by atomic mass is 16.5. The molecule has 0 saturated heterocycles. The molecular weight excluding hydrogens is 396 g/mol. The zero-order valence-corrected chi connectivity index (χ0v) is 18.3. The first kappa shape index (κ1) is 22.4. The Labute approximate surface area is 182 Å². The predicted octanol–water partition coefficient (Wildman–Crippen LogP) is 3.71. The van der Waals surface area contributed by atoms with E-state index in [9.17, 15) is 9.59 Å². The number of hydrogen-bond acceptors (Lipinski definition) is 6. The van der Waals surface area contributed by atoms with E-state index in [1.54, 1.807) is 24.3 Å². The van der Waals surface area contributed by atoms with E-state index in [1.165, 1.54) is 12.0 Å². The van der Waals surface area contributed by atoms with Crippen molar-refractivity contribution in [2.75, 3.05) is 32.2 Å². The summed E-state index contributed by atoms with van der Waals surface area (Å²) in [5.41, 5.74) is 1.60. The summed E-state index contributed by atoms with van der Waals surface area (Å²) in [5.74, 6) is 0.304. The van der Waals surface area contributed by atoms with E-state index in [1.807, 2.05) is 45.0 Å². The van der Waals surface area contributed by atoms with Crippen LogP contribution in [0.15, 0.2) is 54.2 Å². The van der Waals surface area contributed by atoms with Crippen LogP contribution in [-0.4, -0.2) is 49.7 Å². The fourth-order valence-electron chi connectivity index (χ4n) is 3.36. The molecule has 3 rings (SSSR count). The van der Waals surface area contributed by atoms with Crippen molar-refractivity contribution in [1.82, 2.24) is 4.90 Å². The Balaban J connectivity index is 2.04. The molecule has 0 aliphatic carbocycles. The normalized spacial score (nSPS) is 13.9. The molecule has 31 heavy (non-hydrogen) atoms. The molecule has 0 saturated carbocycles. The molecule has 1 aliphatic heterocycles. The summed E-state index contributed by atoms with van der Waals surface area (Å²) in [5, 5.41) is 3.15. The third kappa shape index (κ3) is 4.88. The Morgan fingerprint density at radius 2 is 1.65 bits per heavy atom. The van der Waals surface area contributed by atoms with Crippen LogP contribution in [0.25, 0.3) is 5.57 Å². The van der Waals surface area contributed by atoms with Gasteiger partial charge in [-0.3, -0.25) is 14.5 Å². The van der Waals surface area contributed by atoms with Gasteiger partial charge in [-0.05, 0) is 39.0 Å². The molecule has 0 spiro atoms. The number of imide groups is 1. The molecule has 164 valence electrons. The second-order valence-corrected chi connectivity index (χ2v) is 7.19. The number of nitrogens with zero attached hydrogens (tertiary/aromatic N) is 1. The van der Waals surface area contributed by atoms with Gasteiger partial charge >= 0.3 is 0 Å². The van der Waals surface area contributed by atoms with Gasteiger partial charge in [0.05, 0.1) is 44.2 Å². The number of benzene rings is 2. The second kappa shape index (κ2) is 10.1. The minimum atomic E-state index is -0.412. The summed E-state index contributed by atoms with van der Waals surface area (Å²) in [6.07, 6.45) is 0.00474. The number of amides is 2. The maximum absolute atomic E-state index is 13.3. The molecule has 0 fully saturated rings. The zero-order valence-electron chi connectivity index (χ0n) is 18.3. The Kier molecular flexibility index (Phi) is 7.31. The van der Waals surface area contributed by atoms with Crippen molar-refractivity contribution in [3.05, 3.63) is 59.8 Å². The maximum atomic E-state index is 13.3. The molecule has 0 aromatic heterocycles. The summed E-state index contributed by atoms with van der Waals surface area (Å²) < 4.78 is 16.7. The highest BCUT2D eigenvalue weighted by Gasteiger charge is 2.40. The molecule has 0 unspecified atom stereocenters. The Hall–Kier alpha value is -3.32. The number of methoxy groups -OCH3 is 1. The van der Waals surface area contributed by atoms with Crippen LogP contribution in [-0.2, 0) is 14.3 Å². The Bertz CT molecular complexity index is 983. The number of nitrogens with one attached hydrogen (secondary N) is 1. The lowest BCUT2D eigenvalue weighted by Gasteiger charge is -2.17. The van der Waals surface area contributed by atoms with Gasteiger partial charge in [0.2, 0.25) is 0 Å². The minimum Gasteiger partial charge on any atom is -0.496 e. The van der Waals surface area contributed by atoms with Gasteiger partial charge < -0.3 is 19.5 Å². The van der Waals surface area contributed by atoms with Gasteiger partial charge in [0, 0.05) is 5.56 Å². The van der Waals surface area contributed by atoms with Crippen molar-refractivity contribution in [2.24, 2.45) is 0 Å². The third-order valence-electron chi connectivity index (χ3n) is 4.76. The average molecular weight is 424 g/mol.